The van der Waals surface area contributed by atoms with Gasteiger partial charge in [-0.15, -0.1) is 0 Å². The Labute approximate surface area is 179 Å². The molecule has 29 heavy (non-hydrogen) atoms. The largest absolute Gasteiger partial charge is 0.361 e. The van der Waals surface area contributed by atoms with Gasteiger partial charge in [0.2, 0.25) is 0 Å². The summed E-state index contributed by atoms with van der Waals surface area (Å²) >= 11 is 7.67. The topological polar surface area (TPSA) is 59.2 Å². The first-order chi connectivity index (χ1) is 13.7. The lowest BCUT2D eigenvalue weighted by Gasteiger charge is -2.25. The van der Waals surface area contributed by atoms with Gasteiger partial charge in [0.1, 0.15) is 5.82 Å². The number of fused-ring (bicyclic) bond motifs is 1. The van der Waals surface area contributed by atoms with Gasteiger partial charge in [0, 0.05) is 33.8 Å². The van der Waals surface area contributed by atoms with Crippen LogP contribution in [-0.2, 0) is 20.1 Å². The minimum atomic E-state index is -3.60. The molecule has 0 aliphatic rings. The minimum Gasteiger partial charge on any atom is -0.361 e. The Morgan fingerprint density at radius 1 is 1.24 bits per heavy atom. The molecule has 1 heterocycles. The lowest BCUT2D eigenvalue weighted by atomic mass is 9.81. The van der Waals surface area contributed by atoms with Crippen LogP contribution in [0, 0.1) is 11.7 Å². The molecule has 0 spiro atoms. The number of thioether (sulfide) groups is 1. The number of para-hydroxylation sites is 1. The first-order valence-electron chi connectivity index (χ1n) is 9.08. The Balaban J connectivity index is 2.12. The highest BCUT2D eigenvalue weighted by Crippen LogP contribution is 2.39. The van der Waals surface area contributed by atoms with Gasteiger partial charge in [0.25, 0.3) is 10.1 Å². The van der Waals surface area contributed by atoms with Crippen LogP contribution in [0.3, 0.4) is 0 Å². The highest BCUT2D eigenvalue weighted by atomic mass is 35.5. The molecule has 0 bridgehead atoms. The van der Waals surface area contributed by atoms with Crippen molar-refractivity contribution in [3.05, 3.63) is 70.1 Å². The van der Waals surface area contributed by atoms with Crippen molar-refractivity contribution in [1.82, 2.24) is 4.98 Å². The number of hydrogen-bond donors (Lipinski definition) is 1. The summed E-state index contributed by atoms with van der Waals surface area (Å²) in [5, 5.41) is 1.30. The second kappa shape index (κ2) is 9.08. The molecular weight excluding hydrogens is 433 g/mol. The first-order valence-corrected chi connectivity index (χ1v) is 12.7. The van der Waals surface area contributed by atoms with Crippen LogP contribution in [0.4, 0.5) is 4.39 Å². The van der Waals surface area contributed by atoms with Gasteiger partial charge in [-0.2, -0.15) is 20.2 Å². The average Bonchev–Trinajstić information content (AvgIpc) is 3.07. The number of rotatable bonds is 8. The van der Waals surface area contributed by atoms with E-state index in [4.69, 9.17) is 15.8 Å². The zero-order valence-corrected chi connectivity index (χ0v) is 18.8. The van der Waals surface area contributed by atoms with E-state index in [1.807, 2.05) is 31.5 Å². The van der Waals surface area contributed by atoms with Gasteiger partial charge in [-0.05, 0) is 41.0 Å². The molecule has 3 aromatic rings. The Hall–Kier alpha value is -1.54. The van der Waals surface area contributed by atoms with Gasteiger partial charge in [0.15, 0.2) is 0 Å². The third-order valence-electron chi connectivity index (χ3n) is 4.88. The fraction of sp³-hybridized carbons (Fsp3) is 0.333. The minimum absolute atomic E-state index is 0.0528. The van der Waals surface area contributed by atoms with Gasteiger partial charge in [-0.3, -0.25) is 4.18 Å². The van der Waals surface area contributed by atoms with Crippen molar-refractivity contribution in [2.45, 2.75) is 18.6 Å². The van der Waals surface area contributed by atoms with Gasteiger partial charge < -0.3 is 4.98 Å². The van der Waals surface area contributed by atoms with Crippen LogP contribution in [0.1, 0.15) is 29.5 Å². The molecule has 0 amide bonds. The summed E-state index contributed by atoms with van der Waals surface area (Å²) in [6.45, 7) is 1.80. The summed E-state index contributed by atoms with van der Waals surface area (Å²) in [5.74, 6) is -0.288. The molecule has 156 valence electrons. The number of nitrogens with one attached hydrogen (secondary N) is 1. The van der Waals surface area contributed by atoms with Crippen molar-refractivity contribution >= 4 is 44.4 Å². The lowest BCUT2D eigenvalue weighted by molar-refractivity contribution is 0.253. The van der Waals surface area contributed by atoms with E-state index in [0.717, 1.165) is 34.0 Å². The molecule has 0 aliphatic carbocycles. The molecule has 1 aromatic heterocycles. The quantitative estimate of drug-likeness (QED) is 0.451. The van der Waals surface area contributed by atoms with E-state index in [1.165, 1.54) is 6.07 Å². The number of aromatic nitrogens is 1. The number of benzene rings is 2. The van der Waals surface area contributed by atoms with Crippen molar-refractivity contribution < 1.29 is 17.0 Å². The van der Waals surface area contributed by atoms with Crippen LogP contribution >= 0.6 is 23.4 Å². The van der Waals surface area contributed by atoms with E-state index in [1.54, 1.807) is 23.9 Å². The predicted octanol–water partition coefficient (Wildman–Crippen LogP) is 5.57. The monoisotopic (exact) mass is 455 g/mol. The molecule has 4 nitrogen and oxygen atoms in total. The smallest absolute Gasteiger partial charge is 0.264 e. The maximum Gasteiger partial charge on any atom is 0.264 e. The van der Waals surface area contributed by atoms with E-state index in [9.17, 15) is 12.8 Å². The zero-order valence-electron chi connectivity index (χ0n) is 16.4. The van der Waals surface area contributed by atoms with E-state index in [-0.39, 0.29) is 12.5 Å². The van der Waals surface area contributed by atoms with Gasteiger partial charge in [-0.25, -0.2) is 4.39 Å². The molecule has 3 rings (SSSR count). The van der Waals surface area contributed by atoms with Crippen LogP contribution in [0.15, 0.2) is 42.6 Å². The van der Waals surface area contributed by atoms with Crippen molar-refractivity contribution in [3.8, 4) is 0 Å². The summed E-state index contributed by atoms with van der Waals surface area (Å²) in [6.07, 6.45) is 4.93. The average molecular weight is 456 g/mol. The maximum atomic E-state index is 14.9. The Morgan fingerprint density at radius 3 is 2.66 bits per heavy atom. The van der Waals surface area contributed by atoms with Crippen molar-refractivity contribution in [3.63, 3.8) is 0 Å². The SMILES string of the molecule is CSCc1cccc2c(C(c3ccc(Cl)cc3F)C(C)COS(C)(=O)=O)c[nH]c12. The Morgan fingerprint density at radius 2 is 2.00 bits per heavy atom. The second-order valence-electron chi connectivity index (χ2n) is 7.13. The number of H-pyrrole nitrogens is 1. The van der Waals surface area contributed by atoms with Crippen LogP contribution in [-0.4, -0.2) is 32.5 Å². The zero-order chi connectivity index (χ0) is 21.2. The Kier molecular flexibility index (Phi) is 6.94. The summed E-state index contributed by atoms with van der Waals surface area (Å²) in [7, 11) is -3.60. The number of hydrogen-bond acceptors (Lipinski definition) is 4. The molecule has 0 saturated carbocycles. The van der Waals surface area contributed by atoms with Crippen LogP contribution in [0.25, 0.3) is 10.9 Å². The summed E-state index contributed by atoms with van der Waals surface area (Å²) < 4.78 is 42.9. The molecule has 1 N–H and O–H groups in total. The van der Waals surface area contributed by atoms with E-state index in [2.05, 4.69) is 11.1 Å². The lowest BCUT2D eigenvalue weighted by Crippen LogP contribution is -2.20. The third kappa shape index (κ3) is 5.15. The summed E-state index contributed by atoms with van der Waals surface area (Å²) in [6, 6.07) is 10.6. The Bertz CT molecular complexity index is 1110. The molecule has 0 fully saturated rings. The first kappa shape index (κ1) is 22.2. The van der Waals surface area contributed by atoms with Crippen molar-refractivity contribution in [2.24, 2.45) is 5.92 Å². The molecule has 2 atom stereocenters. The molecule has 2 unspecified atom stereocenters. The number of aromatic amines is 1. The van der Waals surface area contributed by atoms with Crippen molar-refractivity contribution in [2.75, 3.05) is 19.1 Å². The van der Waals surface area contributed by atoms with Gasteiger partial charge in [-0.1, -0.05) is 42.8 Å². The van der Waals surface area contributed by atoms with E-state index < -0.39 is 21.9 Å². The fourth-order valence-electron chi connectivity index (χ4n) is 3.63. The normalized spacial score (nSPS) is 14.2. The number of halogens is 2. The maximum absolute atomic E-state index is 14.9. The van der Waals surface area contributed by atoms with Crippen LogP contribution in [0.2, 0.25) is 5.02 Å². The van der Waals surface area contributed by atoms with Gasteiger partial charge >= 0.3 is 0 Å². The van der Waals surface area contributed by atoms with E-state index in [0.29, 0.717) is 10.6 Å². The van der Waals surface area contributed by atoms with E-state index >= 15 is 0 Å². The van der Waals surface area contributed by atoms with Crippen LogP contribution < -0.4 is 0 Å². The molecule has 0 saturated heterocycles. The predicted molar refractivity (Wildman–Crippen MR) is 119 cm³/mol. The van der Waals surface area contributed by atoms with Gasteiger partial charge in [0.05, 0.1) is 12.9 Å². The highest BCUT2D eigenvalue weighted by Gasteiger charge is 2.28. The molecule has 2 aromatic carbocycles. The molecule has 0 radical (unpaired) electrons. The standard InChI is InChI=1S/C21H23ClFNO3S2/c1-13(11-27-29(3,25)26)20(17-8-7-15(22)9-19(17)23)18-10-24-21-14(12-28-2)5-4-6-16(18)21/h4-10,13,20,24H,11-12H2,1-3H3. The molecule has 8 heteroatoms. The van der Waals surface area contributed by atoms with Crippen molar-refractivity contribution in [1.29, 1.82) is 0 Å². The summed E-state index contributed by atoms with van der Waals surface area (Å²) in [5.41, 5.74) is 3.52. The summed E-state index contributed by atoms with van der Waals surface area (Å²) in [4.78, 5) is 3.33. The second-order valence-corrected chi connectivity index (χ2v) is 10.1. The highest BCUT2D eigenvalue weighted by molar-refractivity contribution is 7.97. The van der Waals surface area contributed by atoms with Crippen LogP contribution in [0.5, 0.6) is 0 Å². The third-order valence-corrected chi connectivity index (χ3v) is 6.28. The molecular formula is C21H23ClFNO3S2. The molecule has 0 aliphatic heterocycles. The fourth-order valence-corrected chi connectivity index (χ4v) is 4.81.